The predicted molar refractivity (Wildman–Crippen MR) is 140 cm³/mol. The van der Waals surface area contributed by atoms with Crippen LogP contribution in [0.5, 0.6) is 11.5 Å². The molecule has 0 bridgehead atoms. The zero-order valence-electron chi connectivity index (χ0n) is 21.6. The first-order chi connectivity index (χ1) is 16.6. The number of methoxy groups -OCH3 is 1. The summed E-state index contributed by atoms with van der Waals surface area (Å²) in [4.78, 5) is 13.4. The highest BCUT2D eigenvalue weighted by Crippen LogP contribution is 2.34. The van der Waals surface area contributed by atoms with Crippen molar-refractivity contribution in [2.75, 3.05) is 12.4 Å². The molecule has 188 valence electrons. The third kappa shape index (κ3) is 6.14. The first-order valence-corrected chi connectivity index (χ1v) is 12.4. The predicted octanol–water partition coefficient (Wildman–Crippen LogP) is 6.75. The number of ether oxygens (including phenoxy) is 2. The van der Waals surface area contributed by atoms with Gasteiger partial charge in [0.25, 0.3) is 5.91 Å². The van der Waals surface area contributed by atoms with E-state index in [1.54, 1.807) is 36.9 Å². The molecule has 1 N–H and O–H groups in total. The number of hydrogen-bond donors (Lipinski definition) is 1. The van der Waals surface area contributed by atoms with Gasteiger partial charge in [-0.1, -0.05) is 63.9 Å². The van der Waals surface area contributed by atoms with Gasteiger partial charge in [0.2, 0.25) is 0 Å². The largest absolute Gasteiger partial charge is 0.494 e. The number of nitrogens with one attached hydrogen (secondary N) is 1. The molecule has 1 aromatic heterocycles. The van der Waals surface area contributed by atoms with Gasteiger partial charge in [0, 0.05) is 5.02 Å². The molecule has 0 saturated carbocycles. The molecule has 7 nitrogen and oxygen atoms in total. The minimum Gasteiger partial charge on any atom is -0.494 e. The number of rotatable bonds is 9. The van der Waals surface area contributed by atoms with Crippen molar-refractivity contribution in [1.82, 2.24) is 15.0 Å². The monoisotopic (exact) mass is 498 g/mol. The van der Waals surface area contributed by atoms with E-state index in [-0.39, 0.29) is 23.1 Å². The summed E-state index contributed by atoms with van der Waals surface area (Å²) < 4.78 is 13.3. The highest BCUT2D eigenvalue weighted by atomic mass is 35.5. The van der Waals surface area contributed by atoms with Crippen molar-refractivity contribution in [2.24, 2.45) is 0 Å². The first kappa shape index (κ1) is 26.5. The number of carbonyl (C=O) groups excluding carboxylic acids is 1. The van der Waals surface area contributed by atoms with E-state index in [1.807, 2.05) is 12.1 Å². The molecule has 0 spiro atoms. The minimum atomic E-state index is -0.366. The fourth-order valence-electron chi connectivity index (χ4n) is 3.82. The van der Waals surface area contributed by atoms with E-state index in [4.69, 9.17) is 21.1 Å². The first-order valence-electron chi connectivity index (χ1n) is 12.0. The van der Waals surface area contributed by atoms with E-state index >= 15 is 0 Å². The Bertz CT molecular complexity index is 1180. The summed E-state index contributed by atoms with van der Waals surface area (Å²) in [5, 5.41) is 11.9. The molecular weight excluding hydrogens is 464 g/mol. The third-order valence-corrected chi connectivity index (χ3v) is 6.17. The average Bonchev–Trinajstić information content (AvgIpc) is 3.20. The van der Waals surface area contributed by atoms with Gasteiger partial charge in [-0.25, -0.2) is 4.68 Å². The number of carbonyl (C=O) groups is 1. The van der Waals surface area contributed by atoms with E-state index in [2.05, 4.69) is 56.3 Å². The number of hydrogen-bond acceptors (Lipinski definition) is 5. The second kappa shape index (κ2) is 11.1. The van der Waals surface area contributed by atoms with Crippen LogP contribution >= 0.6 is 11.6 Å². The molecule has 35 heavy (non-hydrogen) atoms. The fourth-order valence-corrected chi connectivity index (χ4v) is 3.99. The van der Waals surface area contributed by atoms with Gasteiger partial charge in [-0.15, -0.1) is 5.10 Å². The van der Waals surface area contributed by atoms with Gasteiger partial charge < -0.3 is 14.8 Å². The van der Waals surface area contributed by atoms with Crippen molar-refractivity contribution in [1.29, 1.82) is 0 Å². The van der Waals surface area contributed by atoms with Crippen LogP contribution in [0.1, 0.15) is 75.6 Å². The quantitative estimate of drug-likeness (QED) is 0.353. The molecule has 2 aromatic carbocycles. The molecule has 1 amide bonds. The lowest BCUT2D eigenvalue weighted by Crippen LogP contribution is -2.20. The summed E-state index contributed by atoms with van der Waals surface area (Å²) in [6.07, 6.45) is 2.93. The van der Waals surface area contributed by atoms with Crippen LogP contribution in [0.25, 0.3) is 5.69 Å². The van der Waals surface area contributed by atoms with Crippen LogP contribution in [-0.4, -0.2) is 34.1 Å². The molecule has 0 radical (unpaired) electrons. The Balaban J connectivity index is 1.97. The second-order valence-electron chi connectivity index (χ2n) is 9.60. The maximum atomic E-state index is 13.4. The lowest BCUT2D eigenvalue weighted by Gasteiger charge is -2.24. The van der Waals surface area contributed by atoms with Gasteiger partial charge in [-0.3, -0.25) is 4.79 Å². The lowest BCUT2D eigenvalue weighted by molar-refractivity contribution is 0.102. The Hall–Kier alpha value is -3.06. The summed E-state index contributed by atoms with van der Waals surface area (Å²) in [7, 11) is 1.57. The molecular formula is C27H35ClN4O3. The van der Waals surface area contributed by atoms with Gasteiger partial charge in [0.15, 0.2) is 5.69 Å². The zero-order chi connectivity index (χ0) is 25.8. The molecule has 0 aliphatic carbocycles. The smallest absolute Gasteiger partial charge is 0.278 e. The molecule has 8 heteroatoms. The maximum Gasteiger partial charge on any atom is 0.278 e. The Morgan fingerprint density at radius 2 is 1.86 bits per heavy atom. The number of nitrogens with zero attached hydrogens (tertiary/aromatic N) is 3. The van der Waals surface area contributed by atoms with Crippen LogP contribution in [0, 0.1) is 6.92 Å². The molecule has 3 aromatic rings. The Labute approximate surface area is 212 Å². The third-order valence-electron chi connectivity index (χ3n) is 5.93. The molecule has 0 fully saturated rings. The summed E-state index contributed by atoms with van der Waals surface area (Å²) in [5.41, 5.74) is 3.00. The molecule has 0 saturated heterocycles. The van der Waals surface area contributed by atoms with Gasteiger partial charge in [0.1, 0.15) is 17.2 Å². The van der Waals surface area contributed by atoms with Gasteiger partial charge in [0.05, 0.1) is 24.6 Å². The highest BCUT2D eigenvalue weighted by Gasteiger charge is 2.23. The van der Waals surface area contributed by atoms with Crippen LogP contribution < -0.4 is 14.8 Å². The standard InChI is InChI=1S/C27H35ClN4O3/c1-8-10-20(9-2)35-23-13-11-18(27(4,5)6)15-21(23)29-26(33)25-17(3)32(31-30-25)22-16-19(28)12-14-24(22)34-7/h11-16,20H,8-10H2,1-7H3,(H,29,33). The maximum absolute atomic E-state index is 13.4. The van der Waals surface area contributed by atoms with E-state index in [0.29, 0.717) is 33.6 Å². The van der Waals surface area contributed by atoms with Crippen molar-refractivity contribution in [2.45, 2.75) is 72.3 Å². The van der Waals surface area contributed by atoms with Crippen molar-refractivity contribution in [3.63, 3.8) is 0 Å². The number of anilines is 1. The van der Waals surface area contributed by atoms with Crippen LogP contribution in [0.2, 0.25) is 5.02 Å². The summed E-state index contributed by atoms with van der Waals surface area (Å²) in [5.74, 6) is 0.854. The highest BCUT2D eigenvalue weighted by molar-refractivity contribution is 6.30. The average molecular weight is 499 g/mol. The summed E-state index contributed by atoms with van der Waals surface area (Å²) in [6, 6.07) is 11.2. The van der Waals surface area contributed by atoms with Crippen molar-refractivity contribution < 1.29 is 14.3 Å². The fraction of sp³-hybridized carbons (Fsp3) is 0.444. The number of benzene rings is 2. The SMILES string of the molecule is CCCC(CC)Oc1ccc(C(C)(C)C)cc1NC(=O)c1nnn(-c2cc(Cl)ccc2OC)c1C. The van der Waals surface area contributed by atoms with Crippen LogP contribution in [0.4, 0.5) is 5.69 Å². The van der Waals surface area contributed by atoms with E-state index in [1.165, 1.54) is 0 Å². The normalized spacial score (nSPS) is 12.3. The topological polar surface area (TPSA) is 78.3 Å². The van der Waals surface area contributed by atoms with E-state index < -0.39 is 0 Å². The number of amides is 1. The second-order valence-corrected chi connectivity index (χ2v) is 10.0. The van der Waals surface area contributed by atoms with Gasteiger partial charge in [-0.2, -0.15) is 0 Å². The van der Waals surface area contributed by atoms with E-state index in [0.717, 1.165) is 24.8 Å². The summed E-state index contributed by atoms with van der Waals surface area (Å²) >= 11 is 6.19. The lowest BCUT2D eigenvalue weighted by atomic mass is 9.87. The van der Waals surface area contributed by atoms with Crippen molar-refractivity contribution in [3.05, 3.63) is 58.4 Å². The van der Waals surface area contributed by atoms with Crippen LogP contribution in [0.3, 0.4) is 0 Å². The van der Waals surface area contributed by atoms with Gasteiger partial charge in [-0.05, 0) is 61.1 Å². The van der Waals surface area contributed by atoms with Crippen molar-refractivity contribution in [3.8, 4) is 17.2 Å². The molecule has 1 unspecified atom stereocenters. The minimum absolute atomic E-state index is 0.0778. The number of aromatic nitrogens is 3. The molecule has 3 rings (SSSR count). The van der Waals surface area contributed by atoms with Crippen molar-refractivity contribution >= 4 is 23.2 Å². The van der Waals surface area contributed by atoms with E-state index in [9.17, 15) is 4.79 Å². The Morgan fingerprint density at radius 3 is 2.49 bits per heavy atom. The zero-order valence-corrected chi connectivity index (χ0v) is 22.4. The van der Waals surface area contributed by atoms with Crippen LogP contribution in [-0.2, 0) is 5.41 Å². The van der Waals surface area contributed by atoms with Crippen LogP contribution in [0.15, 0.2) is 36.4 Å². The Kier molecular flexibility index (Phi) is 8.43. The molecule has 0 aliphatic rings. The number of halogens is 1. The molecule has 1 heterocycles. The molecule has 1 atom stereocenters. The Morgan fingerprint density at radius 1 is 1.14 bits per heavy atom. The summed E-state index contributed by atoms with van der Waals surface area (Å²) in [6.45, 7) is 12.4. The molecule has 0 aliphatic heterocycles. The van der Waals surface area contributed by atoms with Gasteiger partial charge >= 0.3 is 0 Å².